The highest BCUT2D eigenvalue weighted by atomic mass is 35.5. The van der Waals surface area contributed by atoms with Gasteiger partial charge in [-0.05, 0) is 12.8 Å². The smallest absolute Gasteiger partial charge is 0.161 e. The molecule has 0 heterocycles. The number of halogens is 1. The molecule has 0 N–H and O–H groups in total. The van der Waals surface area contributed by atoms with Gasteiger partial charge in [0.15, 0.2) is 6.29 Å². The van der Waals surface area contributed by atoms with Gasteiger partial charge in [-0.15, -0.1) is 0 Å². The molecule has 10 heavy (non-hydrogen) atoms. The Bertz CT molecular complexity index is 118. The zero-order valence-corrected chi connectivity index (χ0v) is 7.03. The fourth-order valence-electron chi connectivity index (χ4n) is 0.682. The van der Waals surface area contributed by atoms with Crippen LogP contribution in [0.4, 0.5) is 0 Å². The summed E-state index contributed by atoms with van der Waals surface area (Å²) in [4.78, 5) is 9.97. The lowest BCUT2D eigenvalue weighted by Crippen LogP contribution is -1.74. The number of carbonyl (C=O) groups excluding carboxylic acids is 1. The van der Waals surface area contributed by atoms with Crippen LogP contribution in [0.1, 0.15) is 32.6 Å². The van der Waals surface area contributed by atoms with E-state index in [2.05, 4.69) is 6.92 Å². The van der Waals surface area contributed by atoms with Crippen molar-refractivity contribution in [2.24, 2.45) is 0 Å². The SMILES string of the molecule is CCCCCC=C(Cl)C=O. The van der Waals surface area contributed by atoms with E-state index in [4.69, 9.17) is 11.6 Å². The van der Waals surface area contributed by atoms with Gasteiger partial charge in [0.25, 0.3) is 0 Å². The first kappa shape index (κ1) is 9.70. The van der Waals surface area contributed by atoms with Crippen molar-refractivity contribution in [2.75, 3.05) is 0 Å². The third-order valence-corrected chi connectivity index (χ3v) is 1.50. The molecule has 0 saturated heterocycles. The quantitative estimate of drug-likeness (QED) is 0.343. The third kappa shape index (κ3) is 5.83. The summed E-state index contributed by atoms with van der Waals surface area (Å²) in [7, 11) is 0. The predicted octanol–water partition coefficient (Wildman–Crippen LogP) is 2.89. The van der Waals surface area contributed by atoms with Gasteiger partial charge in [-0.25, -0.2) is 0 Å². The maximum atomic E-state index is 9.97. The molecular formula is C8H13ClO. The molecule has 0 aliphatic heterocycles. The third-order valence-electron chi connectivity index (χ3n) is 1.26. The minimum Gasteiger partial charge on any atom is -0.297 e. The van der Waals surface area contributed by atoms with Crippen LogP contribution in [0.3, 0.4) is 0 Å². The van der Waals surface area contributed by atoms with E-state index in [0.29, 0.717) is 11.3 Å². The lowest BCUT2D eigenvalue weighted by Gasteiger charge is -1.90. The first-order chi connectivity index (χ1) is 4.81. The molecular weight excluding hydrogens is 148 g/mol. The molecule has 58 valence electrons. The minimum absolute atomic E-state index is 0.330. The zero-order valence-electron chi connectivity index (χ0n) is 6.27. The van der Waals surface area contributed by atoms with Crippen LogP contribution in [0, 0.1) is 0 Å². The summed E-state index contributed by atoms with van der Waals surface area (Å²) in [6.07, 6.45) is 6.90. The molecule has 0 aliphatic carbocycles. The van der Waals surface area contributed by atoms with Gasteiger partial charge >= 0.3 is 0 Å². The fourth-order valence-corrected chi connectivity index (χ4v) is 0.792. The Morgan fingerprint density at radius 2 is 2.20 bits per heavy atom. The van der Waals surface area contributed by atoms with Gasteiger partial charge in [-0.3, -0.25) is 4.79 Å². The monoisotopic (exact) mass is 160 g/mol. The number of aldehydes is 1. The Hall–Kier alpha value is -0.300. The van der Waals surface area contributed by atoms with Crippen molar-refractivity contribution in [1.82, 2.24) is 0 Å². The van der Waals surface area contributed by atoms with Crippen molar-refractivity contribution in [1.29, 1.82) is 0 Å². The average Bonchev–Trinajstić information content (AvgIpc) is 1.98. The summed E-state index contributed by atoms with van der Waals surface area (Å²) in [5.74, 6) is 0. The van der Waals surface area contributed by atoms with E-state index in [0.717, 1.165) is 12.8 Å². The average molecular weight is 161 g/mol. The standard InChI is InChI=1S/C8H13ClO/c1-2-3-4-5-6-8(9)7-10/h6-7H,2-5H2,1H3. The van der Waals surface area contributed by atoms with Crippen LogP contribution < -0.4 is 0 Å². The molecule has 0 aliphatic rings. The van der Waals surface area contributed by atoms with E-state index in [1.54, 1.807) is 6.08 Å². The predicted molar refractivity (Wildman–Crippen MR) is 44.1 cm³/mol. The minimum atomic E-state index is 0.330. The van der Waals surface area contributed by atoms with Crippen molar-refractivity contribution in [3.63, 3.8) is 0 Å². The van der Waals surface area contributed by atoms with Gasteiger partial charge in [-0.2, -0.15) is 0 Å². The molecule has 0 fully saturated rings. The highest BCUT2D eigenvalue weighted by molar-refractivity contribution is 6.38. The van der Waals surface area contributed by atoms with Crippen LogP contribution in [0.15, 0.2) is 11.1 Å². The van der Waals surface area contributed by atoms with Gasteiger partial charge in [0.1, 0.15) is 0 Å². The Labute approximate surface area is 67.1 Å². The van der Waals surface area contributed by atoms with Crippen LogP contribution in [-0.2, 0) is 4.79 Å². The molecule has 0 spiro atoms. The van der Waals surface area contributed by atoms with Gasteiger partial charge < -0.3 is 0 Å². The fraction of sp³-hybridized carbons (Fsp3) is 0.625. The van der Waals surface area contributed by atoms with Crippen molar-refractivity contribution >= 4 is 17.9 Å². The molecule has 0 rings (SSSR count). The summed E-state index contributed by atoms with van der Waals surface area (Å²) in [5, 5.41) is 0.330. The Kier molecular flexibility index (Phi) is 6.61. The van der Waals surface area contributed by atoms with Crippen LogP contribution in [-0.4, -0.2) is 6.29 Å². The van der Waals surface area contributed by atoms with E-state index in [1.807, 2.05) is 0 Å². The second-order valence-electron chi connectivity index (χ2n) is 2.20. The molecule has 0 saturated carbocycles. The topological polar surface area (TPSA) is 17.1 Å². The van der Waals surface area contributed by atoms with Gasteiger partial charge in [0.05, 0.1) is 5.03 Å². The van der Waals surface area contributed by atoms with Crippen LogP contribution in [0.5, 0.6) is 0 Å². The second-order valence-corrected chi connectivity index (χ2v) is 2.64. The van der Waals surface area contributed by atoms with Gasteiger partial charge in [0, 0.05) is 0 Å². The number of unbranched alkanes of at least 4 members (excludes halogenated alkanes) is 3. The van der Waals surface area contributed by atoms with Crippen molar-refractivity contribution in [3.8, 4) is 0 Å². The van der Waals surface area contributed by atoms with Crippen LogP contribution in [0.2, 0.25) is 0 Å². The molecule has 0 atom stereocenters. The molecule has 0 amide bonds. The Balaban J connectivity index is 3.24. The highest BCUT2D eigenvalue weighted by Gasteiger charge is 1.86. The van der Waals surface area contributed by atoms with Gasteiger partial charge in [-0.1, -0.05) is 37.4 Å². The largest absolute Gasteiger partial charge is 0.297 e. The lowest BCUT2D eigenvalue weighted by molar-refractivity contribution is -0.104. The summed E-state index contributed by atoms with van der Waals surface area (Å²) in [6, 6.07) is 0. The summed E-state index contributed by atoms with van der Waals surface area (Å²) in [5.41, 5.74) is 0. The van der Waals surface area contributed by atoms with E-state index >= 15 is 0 Å². The normalized spacial score (nSPS) is 11.6. The van der Waals surface area contributed by atoms with E-state index in [-0.39, 0.29) is 0 Å². The number of hydrogen-bond donors (Lipinski definition) is 0. The Morgan fingerprint density at radius 3 is 2.70 bits per heavy atom. The zero-order chi connectivity index (χ0) is 7.82. The maximum absolute atomic E-state index is 9.97. The van der Waals surface area contributed by atoms with Crippen molar-refractivity contribution in [3.05, 3.63) is 11.1 Å². The van der Waals surface area contributed by atoms with E-state index < -0.39 is 0 Å². The van der Waals surface area contributed by atoms with E-state index in [9.17, 15) is 4.79 Å². The molecule has 0 aromatic heterocycles. The number of allylic oxidation sites excluding steroid dienone is 2. The summed E-state index contributed by atoms with van der Waals surface area (Å²) < 4.78 is 0. The van der Waals surface area contributed by atoms with Crippen molar-refractivity contribution < 1.29 is 4.79 Å². The van der Waals surface area contributed by atoms with E-state index in [1.165, 1.54) is 12.8 Å². The first-order valence-electron chi connectivity index (χ1n) is 3.62. The molecule has 0 aromatic carbocycles. The summed E-state index contributed by atoms with van der Waals surface area (Å²) >= 11 is 5.44. The second kappa shape index (κ2) is 6.81. The van der Waals surface area contributed by atoms with Gasteiger partial charge in [0.2, 0.25) is 0 Å². The molecule has 0 bridgehead atoms. The number of rotatable bonds is 5. The molecule has 0 unspecified atom stereocenters. The molecule has 0 aromatic rings. The van der Waals surface area contributed by atoms with Crippen molar-refractivity contribution in [2.45, 2.75) is 32.6 Å². The number of hydrogen-bond acceptors (Lipinski definition) is 1. The van der Waals surface area contributed by atoms with Crippen LogP contribution >= 0.6 is 11.6 Å². The Morgan fingerprint density at radius 1 is 1.50 bits per heavy atom. The molecule has 1 nitrogen and oxygen atoms in total. The lowest BCUT2D eigenvalue weighted by atomic mass is 10.2. The maximum Gasteiger partial charge on any atom is 0.161 e. The molecule has 2 heteroatoms. The highest BCUT2D eigenvalue weighted by Crippen LogP contribution is 2.04. The summed E-state index contributed by atoms with van der Waals surface area (Å²) in [6.45, 7) is 2.14. The molecule has 0 radical (unpaired) electrons. The number of carbonyl (C=O) groups is 1. The first-order valence-corrected chi connectivity index (χ1v) is 4.00. The van der Waals surface area contributed by atoms with Crippen LogP contribution in [0.25, 0.3) is 0 Å².